The van der Waals surface area contributed by atoms with E-state index in [-0.39, 0.29) is 29.9 Å². The van der Waals surface area contributed by atoms with E-state index in [1.165, 1.54) is 17.2 Å². The van der Waals surface area contributed by atoms with Gasteiger partial charge >= 0.3 is 12.1 Å². The number of rotatable bonds is 5. The van der Waals surface area contributed by atoms with Crippen LogP contribution in [0.3, 0.4) is 0 Å². The van der Waals surface area contributed by atoms with Crippen LogP contribution >= 0.6 is 0 Å². The van der Waals surface area contributed by atoms with Crippen molar-refractivity contribution < 1.29 is 28.6 Å². The van der Waals surface area contributed by atoms with Gasteiger partial charge in [-0.3, -0.25) is 10.1 Å². The van der Waals surface area contributed by atoms with E-state index in [0.717, 1.165) is 28.7 Å². The lowest BCUT2D eigenvalue weighted by atomic mass is 9.90. The lowest BCUT2D eigenvalue weighted by Gasteiger charge is -2.36. The SMILES string of the molecule is CC1CCCN(C(=O)c2occc2NC(=O)OCC2c3ccccc3-c3ccccc32)C1C(=O)O. The molecule has 2 aromatic carbocycles. The van der Waals surface area contributed by atoms with Crippen molar-refractivity contribution in [3.8, 4) is 11.1 Å². The number of aliphatic carboxylic acids is 1. The van der Waals surface area contributed by atoms with Crippen molar-refractivity contribution in [2.75, 3.05) is 18.5 Å². The normalized spacial score (nSPS) is 19.1. The number of anilines is 1. The van der Waals surface area contributed by atoms with Gasteiger partial charge in [-0.15, -0.1) is 0 Å². The highest BCUT2D eigenvalue weighted by Crippen LogP contribution is 2.44. The van der Waals surface area contributed by atoms with Gasteiger partial charge in [-0.1, -0.05) is 55.5 Å². The first kappa shape index (κ1) is 22.7. The van der Waals surface area contributed by atoms with Crippen LogP contribution in [-0.4, -0.2) is 47.2 Å². The lowest BCUT2D eigenvalue weighted by Crippen LogP contribution is -2.52. The standard InChI is InChI=1S/C27H26N2O6/c1-16-7-6-13-29(23(16)26(31)32)25(30)24-22(12-14-34-24)28-27(33)35-15-21-19-10-4-2-8-17(19)18-9-3-5-11-20(18)21/h2-5,8-12,14,16,21,23H,6-7,13,15H2,1H3,(H,28,33)(H,31,32). The molecule has 5 rings (SSSR count). The number of amides is 2. The van der Waals surface area contributed by atoms with Crippen LogP contribution in [0.2, 0.25) is 0 Å². The quantitative estimate of drug-likeness (QED) is 0.541. The van der Waals surface area contributed by atoms with Gasteiger partial charge in [0, 0.05) is 18.5 Å². The molecule has 0 spiro atoms. The number of nitrogens with one attached hydrogen (secondary N) is 1. The fraction of sp³-hybridized carbons (Fsp3) is 0.296. The molecular weight excluding hydrogens is 448 g/mol. The number of carbonyl (C=O) groups is 3. The monoisotopic (exact) mass is 474 g/mol. The van der Waals surface area contributed by atoms with E-state index in [1.807, 2.05) is 43.3 Å². The molecule has 1 fully saturated rings. The first-order chi connectivity index (χ1) is 17.0. The largest absolute Gasteiger partial charge is 0.480 e. The Bertz CT molecular complexity index is 1240. The number of furan rings is 1. The molecule has 0 bridgehead atoms. The summed E-state index contributed by atoms with van der Waals surface area (Å²) in [7, 11) is 0. The van der Waals surface area contributed by atoms with Crippen LogP contribution in [0, 0.1) is 5.92 Å². The van der Waals surface area contributed by atoms with Crippen molar-refractivity contribution in [1.29, 1.82) is 0 Å². The molecule has 2 aliphatic rings. The summed E-state index contributed by atoms with van der Waals surface area (Å²) in [6.45, 7) is 2.26. The van der Waals surface area contributed by atoms with E-state index in [1.54, 1.807) is 0 Å². The van der Waals surface area contributed by atoms with Crippen molar-refractivity contribution in [3.05, 3.63) is 77.7 Å². The molecule has 180 valence electrons. The number of carbonyl (C=O) groups excluding carboxylic acids is 2. The topological polar surface area (TPSA) is 109 Å². The molecule has 1 saturated heterocycles. The zero-order valence-corrected chi connectivity index (χ0v) is 19.3. The Balaban J connectivity index is 1.28. The predicted molar refractivity (Wildman–Crippen MR) is 128 cm³/mol. The third-order valence-corrected chi connectivity index (χ3v) is 6.89. The van der Waals surface area contributed by atoms with Gasteiger partial charge in [-0.2, -0.15) is 0 Å². The molecule has 2 atom stereocenters. The van der Waals surface area contributed by atoms with Crippen LogP contribution < -0.4 is 5.32 Å². The fourth-order valence-electron chi connectivity index (χ4n) is 5.24. The number of ether oxygens (including phenoxy) is 1. The summed E-state index contributed by atoms with van der Waals surface area (Å²) in [5, 5.41) is 12.2. The average Bonchev–Trinajstić information content (AvgIpc) is 3.44. The average molecular weight is 475 g/mol. The first-order valence-electron chi connectivity index (χ1n) is 11.7. The van der Waals surface area contributed by atoms with Crippen molar-refractivity contribution >= 4 is 23.7 Å². The minimum atomic E-state index is -1.05. The molecule has 3 aromatic rings. The van der Waals surface area contributed by atoms with Gasteiger partial charge in [0.15, 0.2) is 0 Å². The van der Waals surface area contributed by atoms with Gasteiger partial charge in [0.1, 0.15) is 12.6 Å². The Morgan fingerprint density at radius 3 is 2.37 bits per heavy atom. The maximum absolute atomic E-state index is 13.1. The molecule has 2 heterocycles. The number of hydrogen-bond acceptors (Lipinski definition) is 5. The second-order valence-corrected chi connectivity index (χ2v) is 9.02. The van der Waals surface area contributed by atoms with Crippen molar-refractivity contribution in [3.63, 3.8) is 0 Å². The van der Waals surface area contributed by atoms with Crippen LogP contribution in [0.5, 0.6) is 0 Å². The highest BCUT2D eigenvalue weighted by atomic mass is 16.5. The first-order valence-corrected chi connectivity index (χ1v) is 11.7. The molecule has 8 nitrogen and oxygen atoms in total. The van der Waals surface area contributed by atoms with E-state index in [0.29, 0.717) is 13.0 Å². The lowest BCUT2D eigenvalue weighted by molar-refractivity contribution is -0.145. The number of carboxylic acid groups (broad SMARTS) is 1. The fourth-order valence-corrected chi connectivity index (χ4v) is 5.24. The van der Waals surface area contributed by atoms with Gasteiger partial charge < -0.3 is 19.2 Å². The van der Waals surface area contributed by atoms with Gasteiger partial charge in [0.2, 0.25) is 5.76 Å². The second kappa shape index (κ2) is 9.29. The summed E-state index contributed by atoms with van der Waals surface area (Å²) in [6, 6.07) is 16.6. The Kier molecular flexibility index (Phi) is 6.03. The smallest absolute Gasteiger partial charge is 0.411 e. The van der Waals surface area contributed by atoms with Crippen molar-refractivity contribution in [2.24, 2.45) is 5.92 Å². The summed E-state index contributed by atoms with van der Waals surface area (Å²) >= 11 is 0. The third-order valence-electron chi connectivity index (χ3n) is 6.89. The van der Waals surface area contributed by atoms with Gasteiger partial charge in [0.25, 0.3) is 5.91 Å². The molecule has 1 aliphatic heterocycles. The van der Waals surface area contributed by atoms with Gasteiger partial charge in [-0.25, -0.2) is 9.59 Å². The van der Waals surface area contributed by atoms with E-state index < -0.39 is 24.0 Å². The zero-order valence-electron chi connectivity index (χ0n) is 19.3. The van der Waals surface area contributed by atoms with Crippen LogP contribution in [-0.2, 0) is 9.53 Å². The van der Waals surface area contributed by atoms with Gasteiger partial charge in [0.05, 0.1) is 12.0 Å². The van der Waals surface area contributed by atoms with Crippen LogP contribution in [0.4, 0.5) is 10.5 Å². The number of piperidine rings is 1. The maximum atomic E-state index is 13.1. The van der Waals surface area contributed by atoms with Crippen LogP contribution in [0.15, 0.2) is 65.3 Å². The van der Waals surface area contributed by atoms with Crippen LogP contribution in [0.25, 0.3) is 11.1 Å². The van der Waals surface area contributed by atoms with E-state index >= 15 is 0 Å². The van der Waals surface area contributed by atoms with Crippen LogP contribution in [0.1, 0.15) is 47.4 Å². The Morgan fingerprint density at radius 1 is 1.06 bits per heavy atom. The minimum Gasteiger partial charge on any atom is -0.480 e. The number of likely N-dealkylation sites (tertiary alicyclic amines) is 1. The predicted octanol–water partition coefficient (Wildman–Crippen LogP) is 4.97. The molecule has 0 radical (unpaired) electrons. The number of benzene rings is 2. The molecule has 0 saturated carbocycles. The molecule has 1 aromatic heterocycles. The molecule has 8 heteroatoms. The van der Waals surface area contributed by atoms with E-state index in [4.69, 9.17) is 9.15 Å². The molecule has 2 amide bonds. The Labute approximate surface area is 202 Å². The molecule has 2 unspecified atom stereocenters. The van der Waals surface area contributed by atoms with Crippen molar-refractivity contribution in [2.45, 2.75) is 31.7 Å². The maximum Gasteiger partial charge on any atom is 0.411 e. The molecule has 1 aliphatic carbocycles. The molecule has 35 heavy (non-hydrogen) atoms. The second-order valence-electron chi connectivity index (χ2n) is 9.02. The highest BCUT2D eigenvalue weighted by molar-refractivity contribution is 6.01. The Morgan fingerprint density at radius 2 is 1.71 bits per heavy atom. The molecule has 2 N–H and O–H groups in total. The van der Waals surface area contributed by atoms with E-state index in [9.17, 15) is 19.5 Å². The molecular formula is C27H26N2O6. The summed E-state index contributed by atoms with van der Waals surface area (Å²) < 4.78 is 10.9. The number of carboxylic acids is 1. The summed E-state index contributed by atoms with van der Waals surface area (Å²) in [5.41, 5.74) is 4.60. The van der Waals surface area contributed by atoms with Gasteiger partial charge in [-0.05, 0) is 41.0 Å². The summed E-state index contributed by atoms with van der Waals surface area (Å²) in [5.74, 6) is -2.01. The van der Waals surface area contributed by atoms with Crippen molar-refractivity contribution in [1.82, 2.24) is 4.90 Å². The Hall–Kier alpha value is -4.07. The highest BCUT2D eigenvalue weighted by Gasteiger charge is 2.39. The minimum absolute atomic E-state index is 0.0928. The number of hydrogen-bond donors (Lipinski definition) is 2. The zero-order chi connectivity index (χ0) is 24.5. The summed E-state index contributed by atoms with van der Waals surface area (Å²) in [6.07, 6.45) is 2.00. The summed E-state index contributed by atoms with van der Waals surface area (Å²) in [4.78, 5) is 38.9. The number of nitrogens with zero attached hydrogens (tertiary/aromatic N) is 1. The third kappa shape index (κ3) is 4.16. The van der Waals surface area contributed by atoms with E-state index in [2.05, 4.69) is 17.4 Å². The number of fused-ring (bicyclic) bond motifs is 3.